The molecule has 1 fully saturated rings. The van der Waals surface area contributed by atoms with Gasteiger partial charge in [0.2, 0.25) is 5.91 Å². The lowest BCUT2D eigenvalue weighted by molar-refractivity contribution is -0.121. The average Bonchev–Trinajstić information content (AvgIpc) is 3.51. The lowest BCUT2D eigenvalue weighted by Gasteiger charge is -2.30. The minimum Gasteiger partial charge on any atom is -0.356 e. The monoisotopic (exact) mass is 501 g/mol. The van der Waals surface area contributed by atoms with E-state index in [1.54, 1.807) is 7.05 Å². The number of carbonyl (C=O) groups is 1. The first-order valence-corrected chi connectivity index (χ1v) is 10.2. The van der Waals surface area contributed by atoms with Crippen molar-refractivity contribution < 1.29 is 4.79 Å². The first-order chi connectivity index (χ1) is 13.2. The zero-order valence-electron chi connectivity index (χ0n) is 17.4. The number of benzene rings is 1. The van der Waals surface area contributed by atoms with Crippen LogP contribution in [0.5, 0.6) is 0 Å². The van der Waals surface area contributed by atoms with E-state index in [-0.39, 0.29) is 29.9 Å². The summed E-state index contributed by atoms with van der Waals surface area (Å²) in [5.41, 5.74) is 1.31. The predicted octanol–water partition coefficient (Wildman–Crippen LogP) is 2.91. The number of hydrogen-bond donors (Lipinski definition) is 3. The van der Waals surface area contributed by atoms with E-state index in [1.165, 1.54) is 5.56 Å². The molecule has 0 heterocycles. The molecule has 1 atom stereocenters. The van der Waals surface area contributed by atoms with Crippen molar-refractivity contribution in [2.24, 2.45) is 4.99 Å². The molecule has 1 aromatic carbocycles. The molecule has 1 unspecified atom stereocenters. The van der Waals surface area contributed by atoms with Gasteiger partial charge < -0.3 is 16.0 Å². The number of halogens is 1. The Hall–Kier alpha value is -1.35. The molecule has 0 radical (unpaired) electrons. The normalized spacial score (nSPS) is 14.9. The van der Waals surface area contributed by atoms with Gasteiger partial charge in [-0.05, 0) is 37.9 Å². The van der Waals surface area contributed by atoms with E-state index >= 15 is 0 Å². The quantitative estimate of drug-likeness (QED) is 0.189. The van der Waals surface area contributed by atoms with Crippen LogP contribution in [0.2, 0.25) is 0 Å². The second-order valence-electron chi connectivity index (χ2n) is 6.97. The standard InChI is InChI=1S/C21H35N5O.HI/c1-4-26(5-2)19(17-10-7-6-8-11-17)16-24-21(22-3)23-15-9-12-20(27)25-18-13-14-18;/h6-8,10-11,18-19H,4-5,9,12-16H2,1-3H3,(H,25,27)(H2,22,23,24);1H. The average molecular weight is 501 g/mol. The van der Waals surface area contributed by atoms with Crippen LogP contribution in [0, 0.1) is 0 Å². The molecule has 1 aliphatic rings. The topological polar surface area (TPSA) is 68.8 Å². The maximum atomic E-state index is 11.7. The van der Waals surface area contributed by atoms with Crippen molar-refractivity contribution in [3.8, 4) is 0 Å². The SMILES string of the molecule is CCN(CC)C(CNC(=NC)NCCCC(=O)NC1CC1)c1ccccc1.I. The second-order valence-corrected chi connectivity index (χ2v) is 6.97. The van der Waals surface area contributed by atoms with Crippen molar-refractivity contribution in [2.75, 3.05) is 33.2 Å². The lowest BCUT2D eigenvalue weighted by Crippen LogP contribution is -2.43. The van der Waals surface area contributed by atoms with Crippen molar-refractivity contribution in [2.45, 2.75) is 51.6 Å². The molecule has 3 N–H and O–H groups in total. The van der Waals surface area contributed by atoms with Gasteiger partial charge in [0.15, 0.2) is 5.96 Å². The summed E-state index contributed by atoms with van der Waals surface area (Å²) in [5, 5.41) is 9.78. The van der Waals surface area contributed by atoms with Crippen molar-refractivity contribution >= 4 is 35.8 Å². The Morgan fingerprint density at radius 3 is 2.43 bits per heavy atom. The smallest absolute Gasteiger partial charge is 0.220 e. The van der Waals surface area contributed by atoms with Gasteiger partial charge in [0, 0.05) is 32.6 Å². The molecule has 28 heavy (non-hydrogen) atoms. The highest BCUT2D eigenvalue weighted by Crippen LogP contribution is 2.19. The van der Waals surface area contributed by atoms with Crippen molar-refractivity contribution in [1.82, 2.24) is 20.9 Å². The van der Waals surface area contributed by atoms with Gasteiger partial charge in [-0.2, -0.15) is 0 Å². The Balaban J connectivity index is 0.00000392. The highest BCUT2D eigenvalue weighted by atomic mass is 127. The number of aliphatic imine (C=N–C) groups is 1. The number of nitrogens with zero attached hydrogens (tertiary/aromatic N) is 2. The maximum Gasteiger partial charge on any atom is 0.220 e. The van der Waals surface area contributed by atoms with Crippen molar-refractivity contribution in [3.05, 3.63) is 35.9 Å². The van der Waals surface area contributed by atoms with Gasteiger partial charge >= 0.3 is 0 Å². The van der Waals surface area contributed by atoms with Gasteiger partial charge in [0.05, 0.1) is 6.04 Å². The zero-order valence-corrected chi connectivity index (χ0v) is 19.7. The van der Waals surface area contributed by atoms with Gasteiger partial charge in [-0.15, -0.1) is 24.0 Å². The summed E-state index contributed by atoms with van der Waals surface area (Å²) in [6.45, 7) is 7.91. The first-order valence-electron chi connectivity index (χ1n) is 10.2. The third-order valence-electron chi connectivity index (χ3n) is 4.94. The van der Waals surface area contributed by atoms with Crippen LogP contribution in [0.1, 0.15) is 51.1 Å². The Kier molecular flexibility index (Phi) is 12.1. The first kappa shape index (κ1) is 24.7. The Labute approximate surface area is 187 Å². The van der Waals surface area contributed by atoms with E-state index in [2.05, 4.69) is 70.0 Å². The summed E-state index contributed by atoms with van der Waals surface area (Å²) in [6, 6.07) is 11.3. The summed E-state index contributed by atoms with van der Waals surface area (Å²) in [5.74, 6) is 0.943. The van der Waals surface area contributed by atoms with E-state index in [1.807, 2.05) is 0 Å². The minimum absolute atomic E-state index is 0. The van der Waals surface area contributed by atoms with Crippen LogP contribution in [0.3, 0.4) is 0 Å². The van der Waals surface area contributed by atoms with Crippen LogP contribution in [-0.4, -0.2) is 56.0 Å². The number of hydrogen-bond acceptors (Lipinski definition) is 3. The van der Waals surface area contributed by atoms with E-state index in [4.69, 9.17) is 0 Å². The van der Waals surface area contributed by atoms with Crippen LogP contribution in [0.15, 0.2) is 35.3 Å². The van der Waals surface area contributed by atoms with Crippen LogP contribution in [-0.2, 0) is 4.79 Å². The second kappa shape index (κ2) is 13.8. The number of amides is 1. The Bertz CT molecular complexity index is 588. The molecule has 7 heteroatoms. The molecular weight excluding hydrogens is 465 g/mol. The van der Waals surface area contributed by atoms with E-state index in [9.17, 15) is 4.79 Å². The highest BCUT2D eigenvalue weighted by Gasteiger charge is 2.22. The van der Waals surface area contributed by atoms with Crippen LogP contribution in [0.25, 0.3) is 0 Å². The molecule has 1 saturated carbocycles. The fourth-order valence-electron chi connectivity index (χ4n) is 3.19. The van der Waals surface area contributed by atoms with E-state index in [0.717, 1.165) is 51.4 Å². The number of guanidine groups is 1. The van der Waals surface area contributed by atoms with Gasteiger partial charge in [0.1, 0.15) is 0 Å². The molecule has 0 bridgehead atoms. The van der Waals surface area contributed by atoms with Crippen LogP contribution >= 0.6 is 24.0 Å². The zero-order chi connectivity index (χ0) is 19.5. The maximum absolute atomic E-state index is 11.7. The molecule has 0 aliphatic heterocycles. The van der Waals surface area contributed by atoms with E-state index in [0.29, 0.717) is 18.5 Å². The number of likely N-dealkylation sites (N-methyl/N-ethyl adjacent to an activating group) is 1. The fraction of sp³-hybridized carbons (Fsp3) is 0.619. The summed E-state index contributed by atoms with van der Waals surface area (Å²) < 4.78 is 0. The fourth-order valence-corrected chi connectivity index (χ4v) is 3.19. The van der Waals surface area contributed by atoms with Crippen LogP contribution < -0.4 is 16.0 Å². The third kappa shape index (κ3) is 8.77. The predicted molar refractivity (Wildman–Crippen MR) is 127 cm³/mol. The van der Waals surface area contributed by atoms with E-state index < -0.39 is 0 Å². The lowest BCUT2D eigenvalue weighted by atomic mass is 10.1. The van der Waals surface area contributed by atoms with Gasteiger partial charge in [-0.25, -0.2) is 0 Å². The molecule has 1 amide bonds. The van der Waals surface area contributed by atoms with Gasteiger partial charge in [-0.1, -0.05) is 44.2 Å². The number of rotatable bonds is 11. The highest BCUT2D eigenvalue weighted by molar-refractivity contribution is 14.0. The molecule has 1 aliphatic carbocycles. The molecule has 1 aromatic rings. The summed E-state index contributed by atoms with van der Waals surface area (Å²) >= 11 is 0. The van der Waals surface area contributed by atoms with Gasteiger partial charge in [-0.3, -0.25) is 14.7 Å². The van der Waals surface area contributed by atoms with Gasteiger partial charge in [0.25, 0.3) is 0 Å². The molecule has 0 spiro atoms. The van der Waals surface area contributed by atoms with Crippen LogP contribution in [0.4, 0.5) is 0 Å². The number of carbonyl (C=O) groups excluding carboxylic acids is 1. The van der Waals surface area contributed by atoms with Crippen molar-refractivity contribution in [3.63, 3.8) is 0 Å². The minimum atomic E-state index is 0. The third-order valence-corrected chi connectivity index (χ3v) is 4.94. The molecule has 6 nitrogen and oxygen atoms in total. The summed E-state index contributed by atoms with van der Waals surface area (Å²) in [7, 11) is 1.78. The molecular formula is C21H36IN5O. The molecule has 158 valence electrons. The molecule has 2 rings (SSSR count). The molecule has 0 aromatic heterocycles. The molecule has 0 saturated heterocycles. The Morgan fingerprint density at radius 1 is 1.18 bits per heavy atom. The van der Waals surface area contributed by atoms with Crippen molar-refractivity contribution in [1.29, 1.82) is 0 Å². The number of nitrogens with one attached hydrogen (secondary N) is 3. The Morgan fingerprint density at radius 2 is 1.86 bits per heavy atom. The summed E-state index contributed by atoms with van der Waals surface area (Å²) in [4.78, 5) is 18.5. The summed E-state index contributed by atoms with van der Waals surface area (Å²) in [6.07, 6.45) is 3.63. The largest absolute Gasteiger partial charge is 0.356 e.